The van der Waals surface area contributed by atoms with E-state index in [0.29, 0.717) is 37.3 Å². The van der Waals surface area contributed by atoms with Crippen molar-refractivity contribution in [1.29, 1.82) is 0 Å². The zero-order chi connectivity index (χ0) is 27.5. The molecule has 1 saturated heterocycles. The standard InChI is InChI=1S/C27H26F2N4O6/c1-36-21-9-22(37-2)24(29)19(23(21)28)14-39-16-11-31-27(32-12-16)30-10-15-13-38-8-7-20(15)33-25(34)17-5-3-4-6-18(17)26(33)35/h3-6,9,11-12,15,20H,7-8,10,13-14H2,1-2H3,(H,30,31,32)/t15?,20-/m0/s1. The van der Waals surface area contributed by atoms with E-state index in [0.717, 1.165) is 6.07 Å². The van der Waals surface area contributed by atoms with E-state index in [-0.39, 0.29) is 52.5 Å². The van der Waals surface area contributed by atoms with E-state index in [9.17, 15) is 18.4 Å². The first-order valence-corrected chi connectivity index (χ1v) is 12.2. The molecule has 10 nitrogen and oxygen atoms in total. The van der Waals surface area contributed by atoms with Crippen LogP contribution in [-0.2, 0) is 11.3 Å². The van der Waals surface area contributed by atoms with Gasteiger partial charge in [-0.25, -0.2) is 18.7 Å². The van der Waals surface area contributed by atoms with Gasteiger partial charge in [-0.3, -0.25) is 14.5 Å². The number of fused-ring (bicyclic) bond motifs is 1. The van der Waals surface area contributed by atoms with E-state index in [1.807, 2.05) is 0 Å². The lowest BCUT2D eigenvalue weighted by molar-refractivity contribution is 0.00118. The fourth-order valence-corrected chi connectivity index (χ4v) is 4.75. The molecule has 1 aromatic heterocycles. The second-order valence-electron chi connectivity index (χ2n) is 9.02. The maximum Gasteiger partial charge on any atom is 0.261 e. The van der Waals surface area contributed by atoms with Crippen LogP contribution in [0.3, 0.4) is 0 Å². The average Bonchev–Trinajstić information content (AvgIpc) is 3.22. The summed E-state index contributed by atoms with van der Waals surface area (Å²) in [6.07, 6.45) is 3.25. The SMILES string of the molecule is COc1cc(OC)c(F)c(COc2cnc(NCC3COCC[C@@H]3N3C(=O)c4ccccc4C3=O)nc2)c1F. The number of imide groups is 1. The van der Waals surface area contributed by atoms with E-state index >= 15 is 0 Å². The summed E-state index contributed by atoms with van der Waals surface area (Å²) >= 11 is 0. The van der Waals surface area contributed by atoms with E-state index in [1.54, 1.807) is 24.3 Å². The van der Waals surface area contributed by atoms with Gasteiger partial charge in [0.1, 0.15) is 6.61 Å². The van der Waals surface area contributed by atoms with Crippen LogP contribution in [0.5, 0.6) is 17.2 Å². The number of rotatable bonds is 9. The van der Waals surface area contributed by atoms with Crippen LogP contribution in [0.4, 0.5) is 14.7 Å². The summed E-state index contributed by atoms with van der Waals surface area (Å²) in [5, 5.41) is 3.11. The summed E-state index contributed by atoms with van der Waals surface area (Å²) in [5.41, 5.74) is 0.462. The number of halogens is 2. The second kappa shape index (κ2) is 11.2. The maximum atomic E-state index is 14.6. The molecule has 2 aromatic carbocycles. The minimum absolute atomic E-state index is 0.172. The Kier molecular flexibility index (Phi) is 7.55. The molecular weight excluding hydrogens is 514 g/mol. The number of hydrogen-bond acceptors (Lipinski definition) is 9. The third kappa shape index (κ3) is 5.07. The number of benzene rings is 2. The predicted molar refractivity (Wildman–Crippen MR) is 134 cm³/mol. The summed E-state index contributed by atoms with van der Waals surface area (Å²) in [4.78, 5) is 35.7. The van der Waals surface area contributed by atoms with Crippen molar-refractivity contribution in [3.63, 3.8) is 0 Å². The van der Waals surface area contributed by atoms with Crippen molar-refractivity contribution in [2.45, 2.75) is 19.1 Å². The number of aromatic nitrogens is 2. The number of anilines is 1. The first-order chi connectivity index (χ1) is 18.9. The lowest BCUT2D eigenvalue weighted by Crippen LogP contribution is -2.50. The van der Waals surface area contributed by atoms with Crippen molar-refractivity contribution >= 4 is 17.8 Å². The Morgan fingerprint density at radius 1 is 1.03 bits per heavy atom. The Morgan fingerprint density at radius 2 is 1.64 bits per heavy atom. The lowest BCUT2D eigenvalue weighted by atomic mass is 9.94. The van der Waals surface area contributed by atoms with Crippen LogP contribution in [0.25, 0.3) is 0 Å². The molecule has 39 heavy (non-hydrogen) atoms. The number of nitrogens with zero attached hydrogens (tertiary/aromatic N) is 3. The van der Waals surface area contributed by atoms with Crippen LogP contribution >= 0.6 is 0 Å². The number of nitrogens with one attached hydrogen (secondary N) is 1. The molecule has 1 unspecified atom stereocenters. The Labute approximate surface area is 222 Å². The van der Waals surface area contributed by atoms with Crippen molar-refractivity contribution in [3.8, 4) is 17.2 Å². The molecule has 5 rings (SSSR count). The van der Waals surface area contributed by atoms with Crippen molar-refractivity contribution in [2.75, 3.05) is 39.3 Å². The smallest absolute Gasteiger partial charge is 0.261 e. The molecule has 3 heterocycles. The molecule has 12 heteroatoms. The van der Waals surface area contributed by atoms with E-state index in [1.165, 1.54) is 31.5 Å². The topological polar surface area (TPSA) is 112 Å². The highest BCUT2D eigenvalue weighted by molar-refractivity contribution is 6.21. The van der Waals surface area contributed by atoms with Gasteiger partial charge in [0.2, 0.25) is 5.95 Å². The molecule has 0 spiro atoms. The minimum Gasteiger partial charge on any atom is -0.494 e. The van der Waals surface area contributed by atoms with Gasteiger partial charge in [-0.1, -0.05) is 12.1 Å². The highest BCUT2D eigenvalue weighted by Crippen LogP contribution is 2.33. The van der Waals surface area contributed by atoms with Crippen molar-refractivity contribution in [3.05, 3.63) is 71.1 Å². The normalized spacial score (nSPS) is 18.6. The molecule has 2 aliphatic rings. The maximum absolute atomic E-state index is 14.6. The summed E-state index contributed by atoms with van der Waals surface area (Å²) in [6, 6.07) is 7.57. The summed E-state index contributed by atoms with van der Waals surface area (Å²) < 4.78 is 50.1. The Hall–Kier alpha value is -4.32. The van der Waals surface area contributed by atoms with E-state index in [2.05, 4.69) is 15.3 Å². The molecular formula is C27H26F2N4O6. The summed E-state index contributed by atoms with van der Waals surface area (Å²) in [7, 11) is 2.53. The molecule has 0 aliphatic carbocycles. The summed E-state index contributed by atoms with van der Waals surface area (Å²) in [6.45, 7) is 0.700. The van der Waals surface area contributed by atoms with Gasteiger partial charge in [0.15, 0.2) is 28.9 Å². The van der Waals surface area contributed by atoms with Crippen molar-refractivity contribution in [1.82, 2.24) is 14.9 Å². The Balaban J connectivity index is 1.22. The van der Waals surface area contributed by atoms with Gasteiger partial charge in [0.25, 0.3) is 11.8 Å². The summed E-state index contributed by atoms with van der Waals surface area (Å²) in [5.74, 6) is -2.45. The monoisotopic (exact) mass is 540 g/mol. The molecule has 2 atom stereocenters. The number of carbonyl (C=O) groups is 2. The van der Waals surface area contributed by atoms with Gasteiger partial charge in [-0.2, -0.15) is 0 Å². The molecule has 0 saturated carbocycles. The molecule has 1 fully saturated rings. The van der Waals surface area contributed by atoms with Gasteiger partial charge >= 0.3 is 0 Å². The van der Waals surface area contributed by atoms with Crippen molar-refractivity contribution < 1.29 is 37.3 Å². The van der Waals surface area contributed by atoms with Crippen LogP contribution in [-0.4, -0.2) is 66.7 Å². The molecule has 1 N–H and O–H groups in total. The lowest BCUT2D eigenvalue weighted by Gasteiger charge is -2.36. The largest absolute Gasteiger partial charge is 0.494 e. The number of methoxy groups -OCH3 is 2. The van der Waals surface area contributed by atoms with Gasteiger partial charge in [-0.15, -0.1) is 0 Å². The Bertz CT molecular complexity index is 1320. The van der Waals surface area contributed by atoms with Crippen LogP contribution < -0.4 is 19.5 Å². The molecule has 204 valence electrons. The van der Waals surface area contributed by atoms with E-state index in [4.69, 9.17) is 18.9 Å². The fourth-order valence-electron chi connectivity index (χ4n) is 4.75. The first-order valence-electron chi connectivity index (χ1n) is 12.2. The van der Waals surface area contributed by atoms with Gasteiger partial charge in [-0.05, 0) is 18.6 Å². The third-order valence-corrected chi connectivity index (χ3v) is 6.79. The molecule has 2 amide bonds. The fraction of sp³-hybridized carbons (Fsp3) is 0.333. The number of amides is 2. The number of carbonyl (C=O) groups excluding carboxylic acids is 2. The highest BCUT2D eigenvalue weighted by atomic mass is 19.1. The van der Waals surface area contributed by atoms with Gasteiger partial charge in [0.05, 0.1) is 49.9 Å². The minimum atomic E-state index is -0.891. The van der Waals surface area contributed by atoms with Crippen LogP contribution in [0.15, 0.2) is 42.7 Å². The molecule has 2 aliphatic heterocycles. The number of ether oxygens (including phenoxy) is 4. The van der Waals surface area contributed by atoms with Crippen LogP contribution in [0.2, 0.25) is 0 Å². The zero-order valence-corrected chi connectivity index (χ0v) is 21.3. The quantitative estimate of drug-likeness (QED) is 0.408. The van der Waals surface area contributed by atoms with Gasteiger partial charge in [0, 0.05) is 31.2 Å². The molecule has 0 radical (unpaired) electrons. The van der Waals surface area contributed by atoms with Gasteiger partial charge < -0.3 is 24.3 Å². The predicted octanol–water partition coefficient (Wildman–Crippen LogP) is 3.46. The Morgan fingerprint density at radius 3 is 2.23 bits per heavy atom. The second-order valence-corrected chi connectivity index (χ2v) is 9.02. The molecule has 3 aromatic rings. The third-order valence-electron chi connectivity index (χ3n) is 6.79. The average molecular weight is 541 g/mol. The number of hydrogen-bond donors (Lipinski definition) is 1. The highest BCUT2D eigenvalue weighted by Gasteiger charge is 2.43. The van der Waals surface area contributed by atoms with E-state index < -0.39 is 18.2 Å². The van der Waals surface area contributed by atoms with Crippen LogP contribution in [0.1, 0.15) is 32.7 Å². The zero-order valence-electron chi connectivity index (χ0n) is 21.3. The molecule has 0 bridgehead atoms. The van der Waals surface area contributed by atoms with Crippen molar-refractivity contribution in [2.24, 2.45) is 5.92 Å². The van der Waals surface area contributed by atoms with Crippen LogP contribution in [0, 0.1) is 17.6 Å². The first kappa shape index (κ1) is 26.3.